The summed E-state index contributed by atoms with van der Waals surface area (Å²) in [6.07, 6.45) is 0. The second-order valence-corrected chi connectivity index (χ2v) is 5.40. The van der Waals surface area contributed by atoms with E-state index in [2.05, 4.69) is 5.10 Å². The third-order valence-electron chi connectivity index (χ3n) is 3.00. The number of hydrogen-bond donors (Lipinski definition) is 1. The van der Waals surface area contributed by atoms with Gasteiger partial charge in [-0.25, -0.2) is 9.18 Å². The maximum Gasteiger partial charge on any atom is 0.438 e. The maximum atomic E-state index is 13.0. The molecule has 1 atom stereocenters. The summed E-state index contributed by atoms with van der Waals surface area (Å²) in [5.41, 5.74) is 5.71. The number of carbonyl (C=O) groups is 1. The van der Waals surface area contributed by atoms with Crippen LogP contribution in [0.1, 0.15) is 11.6 Å². The largest absolute Gasteiger partial charge is 0.438 e. The van der Waals surface area contributed by atoms with Gasteiger partial charge in [0.15, 0.2) is 6.04 Å². The Morgan fingerprint density at radius 3 is 2.64 bits per heavy atom. The highest BCUT2D eigenvalue weighted by Gasteiger charge is 2.25. The van der Waals surface area contributed by atoms with Crippen LogP contribution in [-0.2, 0) is 4.79 Å². The summed E-state index contributed by atoms with van der Waals surface area (Å²) in [4.78, 5) is 24.4. The summed E-state index contributed by atoms with van der Waals surface area (Å²) in [6.45, 7) is 0. The summed E-state index contributed by atoms with van der Waals surface area (Å²) >= 11 is 1.34. The van der Waals surface area contributed by atoms with Gasteiger partial charge in [-0.15, -0.1) is 16.4 Å². The molecule has 112 valence electrons. The molecule has 0 saturated heterocycles. The van der Waals surface area contributed by atoms with E-state index >= 15 is 0 Å². The van der Waals surface area contributed by atoms with E-state index in [9.17, 15) is 14.0 Å². The van der Waals surface area contributed by atoms with Crippen LogP contribution in [0.5, 0.6) is 0 Å². The fourth-order valence-electron chi connectivity index (χ4n) is 2.02. The first-order valence-electron chi connectivity index (χ1n) is 6.24. The van der Waals surface area contributed by atoms with E-state index in [1.165, 1.54) is 35.6 Å². The van der Waals surface area contributed by atoms with Crippen LogP contribution in [0.25, 0.3) is 10.8 Å². The van der Waals surface area contributed by atoms with Crippen molar-refractivity contribution < 1.29 is 13.6 Å². The average molecular weight is 319 g/mol. The predicted molar refractivity (Wildman–Crippen MR) is 77.8 cm³/mol. The first kappa shape index (κ1) is 14.2. The number of nitrogens with zero attached hydrogens (tertiary/aromatic N) is 2. The molecule has 0 bridgehead atoms. The van der Waals surface area contributed by atoms with Crippen molar-refractivity contribution >= 4 is 17.2 Å². The molecule has 2 heterocycles. The minimum atomic E-state index is -1.16. The van der Waals surface area contributed by atoms with Gasteiger partial charge in [0, 0.05) is 0 Å². The number of primary amides is 1. The van der Waals surface area contributed by atoms with Crippen molar-refractivity contribution in [2.75, 3.05) is 0 Å². The van der Waals surface area contributed by atoms with E-state index in [0.29, 0.717) is 10.4 Å². The third kappa shape index (κ3) is 2.56. The van der Waals surface area contributed by atoms with Crippen LogP contribution >= 0.6 is 11.3 Å². The number of aromatic nitrogens is 2. The summed E-state index contributed by atoms with van der Waals surface area (Å²) in [7, 11) is 0. The van der Waals surface area contributed by atoms with Crippen molar-refractivity contribution in [1.29, 1.82) is 0 Å². The number of thiophene rings is 1. The van der Waals surface area contributed by atoms with Crippen molar-refractivity contribution in [3.63, 3.8) is 0 Å². The zero-order valence-electron chi connectivity index (χ0n) is 11.1. The SMILES string of the molecule is NC(=O)[C@H](c1ccc(F)cc1)n1nc(-c2cccs2)oc1=O. The fourth-order valence-corrected chi connectivity index (χ4v) is 2.67. The molecule has 1 aromatic carbocycles. The Labute approximate surface area is 127 Å². The molecule has 1 amide bonds. The van der Waals surface area contributed by atoms with E-state index in [0.717, 1.165) is 4.68 Å². The highest BCUT2D eigenvalue weighted by Crippen LogP contribution is 2.23. The summed E-state index contributed by atoms with van der Waals surface area (Å²) in [5, 5.41) is 5.83. The van der Waals surface area contributed by atoms with E-state index < -0.39 is 23.5 Å². The minimum Gasteiger partial charge on any atom is -0.387 e. The Hall–Kier alpha value is -2.74. The lowest BCUT2D eigenvalue weighted by Crippen LogP contribution is -2.33. The fraction of sp³-hybridized carbons (Fsp3) is 0.0714. The zero-order chi connectivity index (χ0) is 15.7. The normalized spacial score (nSPS) is 12.2. The lowest BCUT2D eigenvalue weighted by Gasteiger charge is -2.12. The highest BCUT2D eigenvalue weighted by molar-refractivity contribution is 7.13. The average Bonchev–Trinajstić information content (AvgIpc) is 3.11. The van der Waals surface area contributed by atoms with Gasteiger partial charge >= 0.3 is 5.76 Å². The van der Waals surface area contributed by atoms with Crippen LogP contribution in [0.3, 0.4) is 0 Å². The van der Waals surface area contributed by atoms with E-state index in [-0.39, 0.29) is 5.89 Å². The molecule has 2 aromatic heterocycles. The standard InChI is InChI=1S/C14H10FN3O3S/c15-9-5-3-8(4-6-9)11(12(16)19)18-14(20)21-13(17-18)10-2-1-7-22-10/h1-7,11H,(H2,16,19)/t11-/m0/s1. The van der Waals surface area contributed by atoms with Gasteiger partial charge in [-0.3, -0.25) is 4.79 Å². The van der Waals surface area contributed by atoms with Crippen molar-refractivity contribution in [2.24, 2.45) is 5.73 Å². The summed E-state index contributed by atoms with van der Waals surface area (Å²) < 4.78 is 18.9. The Morgan fingerprint density at radius 2 is 2.05 bits per heavy atom. The van der Waals surface area contributed by atoms with Crippen LogP contribution in [0.2, 0.25) is 0 Å². The Balaban J connectivity index is 2.08. The van der Waals surface area contributed by atoms with Gasteiger partial charge in [-0.1, -0.05) is 18.2 Å². The van der Waals surface area contributed by atoms with Gasteiger partial charge in [0.1, 0.15) is 5.82 Å². The quantitative estimate of drug-likeness (QED) is 0.793. The second kappa shape index (κ2) is 5.57. The van der Waals surface area contributed by atoms with E-state index in [4.69, 9.17) is 10.2 Å². The Kier molecular flexibility index (Phi) is 3.60. The molecular weight excluding hydrogens is 309 g/mol. The molecule has 0 spiro atoms. The molecule has 0 aliphatic rings. The molecule has 8 heteroatoms. The molecule has 0 saturated carbocycles. The first-order chi connectivity index (χ1) is 10.6. The van der Waals surface area contributed by atoms with Crippen molar-refractivity contribution in [2.45, 2.75) is 6.04 Å². The maximum absolute atomic E-state index is 13.0. The minimum absolute atomic E-state index is 0.105. The Morgan fingerprint density at radius 1 is 1.32 bits per heavy atom. The van der Waals surface area contributed by atoms with Crippen LogP contribution in [0.15, 0.2) is 51.0 Å². The monoisotopic (exact) mass is 319 g/mol. The summed E-state index contributed by atoms with van der Waals surface area (Å²) in [5.74, 6) is -1.96. The lowest BCUT2D eigenvalue weighted by molar-refractivity contribution is -0.120. The second-order valence-electron chi connectivity index (χ2n) is 4.45. The van der Waals surface area contributed by atoms with Gasteiger partial charge in [0.05, 0.1) is 4.88 Å². The van der Waals surface area contributed by atoms with Crippen molar-refractivity contribution in [3.05, 3.63) is 63.7 Å². The number of rotatable bonds is 4. The number of halogens is 1. The van der Waals surface area contributed by atoms with Crippen LogP contribution < -0.4 is 11.5 Å². The van der Waals surface area contributed by atoms with Crippen LogP contribution in [0, 0.1) is 5.82 Å². The van der Waals surface area contributed by atoms with Gasteiger partial charge in [0.25, 0.3) is 5.89 Å². The van der Waals surface area contributed by atoms with Crippen LogP contribution in [-0.4, -0.2) is 15.7 Å². The topological polar surface area (TPSA) is 91.1 Å². The van der Waals surface area contributed by atoms with Gasteiger partial charge in [-0.2, -0.15) is 4.68 Å². The molecule has 0 unspecified atom stereocenters. The van der Waals surface area contributed by atoms with Crippen molar-refractivity contribution in [3.8, 4) is 10.8 Å². The Bertz CT molecular complexity index is 852. The first-order valence-corrected chi connectivity index (χ1v) is 7.12. The molecule has 0 radical (unpaired) electrons. The number of carbonyl (C=O) groups excluding carboxylic acids is 1. The number of nitrogens with two attached hydrogens (primary N) is 1. The summed E-state index contributed by atoms with van der Waals surface area (Å²) in [6, 6.07) is 7.45. The van der Waals surface area contributed by atoms with E-state index in [1.807, 2.05) is 0 Å². The van der Waals surface area contributed by atoms with Gasteiger partial charge in [-0.05, 0) is 29.1 Å². The van der Waals surface area contributed by atoms with E-state index in [1.54, 1.807) is 17.5 Å². The highest BCUT2D eigenvalue weighted by atomic mass is 32.1. The van der Waals surface area contributed by atoms with Gasteiger partial charge < -0.3 is 10.2 Å². The van der Waals surface area contributed by atoms with Gasteiger partial charge in [0.2, 0.25) is 5.91 Å². The molecular formula is C14H10FN3O3S. The molecule has 22 heavy (non-hydrogen) atoms. The zero-order valence-corrected chi connectivity index (χ0v) is 11.9. The predicted octanol–water partition coefficient (Wildman–Crippen LogP) is 1.78. The van der Waals surface area contributed by atoms with Crippen molar-refractivity contribution in [1.82, 2.24) is 9.78 Å². The number of hydrogen-bond acceptors (Lipinski definition) is 5. The lowest BCUT2D eigenvalue weighted by atomic mass is 10.1. The third-order valence-corrected chi connectivity index (χ3v) is 3.86. The number of amides is 1. The smallest absolute Gasteiger partial charge is 0.387 e. The molecule has 2 N–H and O–H groups in total. The molecule has 3 aromatic rings. The molecule has 0 aliphatic heterocycles. The molecule has 6 nitrogen and oxygen atoms in total. The van der Waals surface area contributed by atoms with Crippen LogP contribution in [0.4, 0.5) is 4.39 Å². The molecule has 0 aliphatic carbocycles. The number of benzene rings is 1. The molecule has 0 fully saturated rings. The molecule has 3 rings (SSSR count).